The highest BCUT2D eigenvalue weighted by Crippen LogP contribution is 2.36. The molecule has 1 atom stereocenters. The molecule has 0 aromatic rings. The Hall–Kier alpha value is -0.513. The normalized spacial score (nSPS) is 23.6. The van der Waals surface area contributed by atoms with Crippen LogP contribution in [0.1, 0.15) is 33.1 Å². The Bertz CT molecular complexity index is 195. The number of hydrogen-bond acceptors (Lipinski definition) is 1. The first-order valence-electron chi connectivity index (χ1n) is 5.87. The van der Waals surface area contributed by atoms with Crippen LogP contribution < -0.4 is 5.32 Å². The molecule has 0 bridgehead atoms. The summed E-state index contributed by atoms with van der Waals surface area (Å²) in [6.45, 7) is 9.74. The Morgan fingerprint density at radius 3 is 2.27 bits per heavy atom. The van der Waals surface area contributed by atoms with E-state index in [-0.39, 0.29) is 0 Å². The van der Waals surface area contributed by atoms with Crippen LogP contribution in [-0.2, 0) is 0 Å². The fourth-order valence-electron chi connectivity index (χ4n) is 1.82. The number of hydrogen-bond donors (Lipinski definition) is 2. The lowest BCUT2D eigenvalue weighted by Gasteiger charge is -2.34. The fourth-order valence-corrected chi connectivity index (χ4v) is 4.46. The van der Waals surface area contributed by atoms with Gasteiger partial charge in [0.15, 0.2) is 0 Å². The molecule has 0 spiro atoms. The summed E-state index contributed by atoms with van der Waals surface area (Å²) < 4.78 is 0. The van der Waals surface area contributed by atoms with Gasteiger partial charge in [-0.1, -0.05) is 45.3 Å². The number of carboxylic acid groups (broad SMARTS) is 1. The Balaban J connectivity index is 0.000000288. The third kappa shape index (κ3) is 6.55. The summed E-state index contributed by atoms with van der Waals surface area (Å²) in [5, 5.41) is 9.93. The highest BCUT2D eigenvalue weighted by molar-refractivity contribution is 6.78. The van der Waals surface area contributed by atoms with Crippen molar-refractivity contribution in [1.29, 1.82) is 0 Å². The average molecular weight is 231 g/mol. The number of carbonyl (C=O) groups is 1. The van der Waals surface area contributed by atoms with E-state index in [0.29, 0.717) is 6.54 Å². The minimum absolute atomic E-state index is 0.481. The Morgan fingerprint density at radius 1 is 1.47 bits per heavy atom. The Labute approximate surface area is 94.3 Å². The van der Waals surface area contributed by atoms with Crippen LogP contribution in [0.2, 0.25) is 24.7 Å². The molecule has 15 heavy (non-hydrogen) atoms. The molecule has 2 N–H and O–H groups in total. The van der Waals surface area contributed by atoms with Crippen molar-refractivity contribution in [2.75, 3.05) is 6.54 Å². The summed E-state index contributed by atoms with van der Waals surface area (Å²) in [4.78, 5) is 9.49. The molecule has 1 unspecified atom stereocenters. The Morgan fingerprint density at radius 2 is 2.07 bits per heavy atom. The Kier molecular flexibility index (Phi) is 6.64. The number of rotatable bonds is 1. The van der Waals surface area contributed by atoms with E-state index in [9.17, 15) is 4.79 Å². The zero-order valence-electron chi connectivity index (χ0n) is 10.5. The van der Waals surface area contributed by atoms with Gasteiger partial charge in [0.2, 0.25) is 0 Å². The average Bonchev–Trinajstić information content (AvgIpc) is 2.11. The maximum Gasteiger partial charge on any atom is 0.404 e. The third-order valence-electron chi connectivity index (χ3n) is 3.37. The highest BCUT2D eigenvalue weighted by atomic mass is 28.3. The van der Waals surface area contributed by atoms with E-state index in [1.54, 1.807) is 13.0 Å². The molecular formula is C11H25NO2Si. The van der Waals surface area contributed by atoms with Crippen molar-refractivity contribution in [1.82, 2.24) is 5.32 Å². The summed E-state index contributed by atoms with van der Waals surface area (Å²) in [5.41, 5.74) is 1.09. The first kappa shape index (κ1) is 14.5. The molecule has 1 aliphatic heterocycles. The highest BCUT2D eigenvalue weighted by Gasteiger charge is 2.30. The second-order valence-electron chi connectivity index (χ2n) is 4.97. The van der Waals surface area contributed by atoms with Gasteiger partial charge in [0.25, 0.3) is 0 Å². The molecule has 90 valence electrons. The lowest BCUT2D eigenvalue weighted by atomic mass is 10.2. The molecule has 1 fully saturated rings. The van der Waals surface area contributed by atoms with E-state index < -0.39 is 14.2 Å². The van der Waals surface area contributed by atoms with Crippen LogP contribution in [0, 0.1) is 0 Å². The van der Waals surface area contributed by atoms with Gasteiger partial charge in [-0.15, -0.1) is 0 Å². The quantitative estimate of drug-likeness (QED) is 0.678. The molecular weight excluding hydrogens is 206 g/mol. The zero-order valence-corrected chi connectivity index (χ0v) is 11.5. The van der Waals surface area contributed by atoms with E-state index in [1.165, 1.54) is 19.3 Å². The van der Waals surface area contributed by atoms with Gasteiger partial charge >= 0.3 is 6.09 Å². The summed E-state index contributed by atoms with van der Waals surface area (Å²) in [6.07, 6.45) is 3.57. The van der Waals surface area contributed by atoms with Crippen molar-refractivity contribution in [3.8, 4) is 0 Å². The van der Waals surface area contributed by atoms with E-state index >= 15 is 0 Å². The summed E-state index contributed by atoms with van der Waals surface area (Å²) in [7, 11) is -0.694. The van der Waals surface area contributed by atoms with Gasteiger partial charge in [-0.2, -0.15) is 0 Å². The van der Waals surface area contributed by atoms with Crippen molar-refractivity contribution in [2.24, 2.45) is 0 Å². The van der Waals surface area contributed by atoms with E-state index in [4.69, 9.17) is 5.11 Å². The smallest absolute Gasteiger partial charge is 0.404 e. The van der Waals surface area contributed by atoms with Gasteiger partial charge in [0, 0.05) is 6.54 Å². The predicted molar refractivity (Wildman–Crippen MR) is 67.3 cm³/mol. The summed E-state index contributed by atoms with van der Waals surface area (Å²) in [5.74, 6) is 0. The molecule has 0 saturated carbocycles. The fraction of sp³-hybridized carbons (Fsp3) is 0.909. The molecule has 1 saturated heterocycles. The largest absolute Gasteiger partial charge is 0.465 e. The topological polar surface area (TPSA) is 49.3 Å². The molecule has 0 aromatic carbocycles. The molecule has 1 heterocycles. The molecule has 1 amide bonds. The van der Waals surface area contributed by atoms with Gasteiger partial charge in [-0.05, 0) is 12.5 Å². The summed E-state index contributed by atoms with van der Waals surface area (Å²) >= 11 is 0. The van der Waals surface area contributed by atoms with Gasteiger partial charge < -0.3 is 10.4 Å². The van der Waals surface area contributed by atoms with Crippen LogP contribution in [0.5, 0.6) is 0 Å². The first-order chi connectivity index (χ1) is 6.90. The predicted octanol–water partition coefficient (Wildman–Crippen LogP) is 3.54. The maximum atomic E-state index is 9.49. The minimum atomic E-state index is -0.961. The van der Waals surface area contributed by atoms with Crippen molar-refractivity contribution in [3.05, 3.63) is 0 Å². The third-order valence-corrected chi connectivity index (χ3v) is 7.97. The van der Waals surface area contributed by atoms with Crippen molar-refractivity contribution >= 4 is 14.2 Å². The summed E-state index contributed by atoms with van der Waals surface area (Å²) in [6, 6.07) is 1.58. The van der Waals surface area contributed by atoms with Crippen molar-refractivity contribution in [2.45, 2.75) is 57.8 Å². The van der Waals surface area contributed by atoms with Crippen LogP contribution in [0.15, 0.2) is 0 Å². The van der Waals surface area contributed by atoms with Crippen LogP contribution in [0.3, 0.4) is 0 Å². The van der Waals surface area contributed by atoms with Crippen LogP contribution in [0.4, 0.5) is 4.79 Å². The van der Waals surface area contributed by atoms with E-state index in [2.05, 4.69) is 25.3 Å². The molecule has 0 radical (unpaired) electrons. The number of amides is 1. The maximum absolute atomic E-state index is 9.49. The lowest BCUT2D eigenvalue weighted by Crippen LogP contribution is -2.33. The first-order valence-corrected chi connectivity index (χ1v) is 9.15. The molecule has 1 rings (SSSR count). The SMILES string of the molecule is CC1CCCC[Si]1(C)C.CCNC(=O)O. The van der Waals surface area contributed by atoms with Crippen LogP contribution in [-0.4, -0.2) is 25.8 Å². The van der Waals surface area contributed by atoms with Crippen molar-refractivity contribution < 1.29 is 9.90 Å². The molecule has 0 aromatic heterocycles. The molecule has 1 aliphatic rings. The second kappa shape index (κ2) is 6.88. The van der Waals surface area contributed by atoms with Gasteiger partial charge in [0.05, 0.1) is 8.07 Å². The zero-order chi connectivity index (χ0) is 11.9. The van der Waals surface area contributed by atoms with Gasteiger partial charge in [-0.25, -0.2) is 4.79 Å². The van der Waals surface area contributed by atoms with Crippen LogP contribution in [0.25, 0.3) is 0 Å². The van der Waals surface area contributed by atoms with Crippen molar-refractivity contribution in [3.63, 3.8) is 0 Å². The lowest BCUT2D eigenvalue weighted by molar-refractivity contribution is 0.195. The monoisotopic (exact) mass is 231 g/mol. The molecule has 0 aliphatic carbocycles. The van der Waals surface area contributed by atoms with Crippen LogP contribution >= 0.6 is 0 Å². The second-order valence-corrected chi connectivity index (χ2v) is 10.4. The van der Waals surface area contributed by atoms with Gasteiger partial charge in [-0.3, -0.25) is 0 Å². The van der Waals surface area contributed by atoms with E-state index in [1.807, 2.05) is 0 Å². The van der Waals surface area contributed by atoms with Gasteiger partial charge in [0.1, 0.15) is 0 Å². The minimum Gasteiger partial charge on any atom is -0.465 e. The van der Waals surface area contributed by atoms with E-state index in [0.717, 1.165) is 5.54 Å². The molecule has 3 nitrogen and oxygen atoms in total. The number of nitrogens with one attached hydrogen (secondary N) is 1. The standard InChI is InChI=1S/C8H18Si.C3H7NO2/c1-8-6-4-5-7-9(8,2)3;1-2-4-3(5)6/h8H,4-7H2,1-3H3;4H,2H2,1H3,(H,5,6). The molecule has 4 heteroatoms.